The monoisotopic (exact) mass is 213 g/mol. The van der Waals surface area contributed by atoms with Gasteiger partial charge in [0.2, 0.25) is 5.91 Å². The van der Waals surface area contributed by atoms with E-state index in [9.17, 15) is 4.79 Å². The first kappa shape index (κ1) is 10.8. The second-order valence-electron chi connectivity index (χ2n) is 4.55. The Morgan fingerprint density at radius 1 is 1.38 bits per heavy atom. The highest BCUT2D eigenvalue weighted by atomic mass is 16.2. The number of para-hydroxylation sites is 1. The predicted molar refractivity (Wildman–Crippen MR) is 65.3 cm³/mol. The van der Waals surface area contributed by atoms with Crippen LogP contribution in [0, 0.1) is 12.3 Å². The highest BCUT2D eigenvalue weighted by Crippen LogP contribution is 2.41. The third kappa shape index (κ3) is 1.40. The van der Waals surface area contributed by atoms with Crippen LogP contribution in [0.25, 0.3) is 0 Å². The highest BCUT2D eigenvalue weighted by Gasteiger charge is 2.42. The van der Waals surface area contributed by atoms with Crippen LogP contribution in [0.15, 0.2) is 24.3 Å². The zero-order valence-corrected chi connectivity index (χ0v) is 9.66. The molecule has 1 aliphatic heterocycles. The zero-order chi connectivity index (χ0) is 11.8. The Bertz CT molecular complexity index is 468. The second kappa shape index (κ2) is 3.68. The van der Waals surface area contributed by atoms with Crippen molar-refractivity contribution in [3.63, 3.8) is 0 Å². The summed E-state index contributed by atoms with van der Waals surface area (Å²) in [5, 5.41) is 0. The fraction of sp³-hybridized carbons (Fsp3) is 0.357. The minimum atomic E-state index is -0.425. The van der Waals surface area contributed by atoms with Gasteiger partial charge in [-0.2, -0.15) is 0 Å². The minimum absolute atomic E-state index is 0.143. The Hall–Kier alpha value is -1.75. The van der Waals surface area contributed by atoms with E-state index in [1.165, 1.54) is 0 Å². The molecule has 0 spiro atoms. The first-order valence-electron chi connectivity index (χ1n) is 5.44. The minimum Gasteiger partial charge on any atom is -0.310 e. The van der Waals surface area contributed by atoms with E-state index in [0.717, 1.165) is 11.3 Å². The highest BCUT2D eigenvalue weighted by molar-refractivity contribution is 6.07. The smallest absolute Gasteiger partial charge is 0.237 e. The fourth-order valence-electron chi connectivity index (χ4n) is 2.20. The zero-order valence-electron chi connectivity index (χ0n) is 9.66. The number of anilines is 1. The number of hydrogen-bond donors (Lipinski definition) is 0. The molecular weight excluding hydrogens is 198 g/mol. The Labute approximate surface area is 96.3 Å². The van der Waals surface area contributed by atoms with Gasteiger partial charge in [-0.3, -0.25) is 4.79 Å². The fourth-order valence-corrected chi connectivity index (χ4v) is 2.20. The number of rotatable bonds is 2. The molecule has 0 saturated carbocycles. The summed E-state index contributed by atoms with van der Waals surface area (Å²) in [6.45, 7) is 4.53. The first-order valence-corrected chi connectivity index (χ1v) is 5.44. The molecule has 82 valence electrons. The number of nitrogens with zero attached hydrogens (tertiary/aromatic N) is 1. The Morgan fingerprint density at radius 2 is 2.06 bits per heavy atom. The maximum atomic E-state index is 12.2. The molecule has 0 unspecified atom stereocenters. The van der Waals surface area contributed by atoms with Crippen molar-refractivity contribution < 1.29 is 4.79 Å². The van der Waals surface area contributed by atoms with Gasteiger partial charge in [-0.15, -0.1) is 12.3 Å². The first-order chi connectivity index (χ1) is 7.59. The molecule has 1 amide bonds. The van der Waals surface area contributed by atoms with Crippen LogP contribution in [-0.2, 0) is 10.2 Å². The lowest BCUT2D eigenvalue weighted by atomic mass is 9.86. The number of fused-ring (bicyclic) bond motifs is 1. The van der Waals surface area contributed by atoms with E-state index in [1.807, 2.05) is 38.1 Å². The quantitative estimate of drug-likeness (QED) is 0.690. The largest absolute Gasteiger partial charge is 0.310 e. The molecule has 1 aromatic rings. The van der Waals surface area contributed by atoms with E-state index >= 15 is 0 Å². The van der Waals surface area contributed by atoms with Gasteiger partial charge in [-0.25, -0.2) is 0 Å². The maximum absolute atomic E-state index is 12.2. The van der Waals surface area contributed by atoms with Gasteiger partial charge in [-0.1, -0.05) is 18.2 Å². The molecule has 0 saturated heterocycles. The summed E-state index contributed by atoms with van der Waals surface area (Å²) in [4.78, 5) is 14.0. The van der Waals surface area contributed by atoms with Crippen LogP contribution in [0.4, 0.5) is 5.69 Å². The third-order valence-electron chi connectivity index (χ3n) is 3.13. The molecule has 0 atom stereocenters. The van der Waals surface area contributed by atoms with Crippen molar-refractivity contribution in [3.8, 4) is 12.3 Å². The number of terminal acetylenes is 1. The molecule has 2 heteroatoms. The summed E-state index contributed by atoms with van der Waals surface area (Å²) < 4.78 is 0. The Morgan fingerprint density at radius 3 is 2.75 bits per heavy atom. The SMILES string of the molecule is C#CCCN1C(=O)C(C)(C)c2ccccc21. The van der Waals surface area contributed by atoms with Crippen LogP contribution in [0.5, 0.6) is 0 Å². The molecular formula is C14H15NO. The summed E-state index contributed by atoms with van der Waals surface area (Å²) in [6, 6.07) is 7.93. The van der Waals surface area contributed by atoms with E-state index in [2.05, 4.69) is 5.92 Å². The molecule has 16 heavy (non-hydrogen) atoms. The van der Waals surface area contributed by atoms with Gasteiger partial charge >= 0.3 is 0 Å². The second-order valence-corrected chi connectivity index (χ2v) is 4.55. The van der Waals surface area contributed by atoms with Crippen molar-refractivity contribution in [1.29, 1.82) is 0 Å². The molecule has 1 heterocycles. The van der Waals surface area contributed by atoms with Gasteiger partial charge in [-0.05, 0) is 25.5 Å². The van der Waals surface area contributed by atoms with Crippen molar-refractivity contribution in [2.24, 2.45) is 0 Å². The molecule has 2 nitrogen and oxygen atoms in total. The van der Waals surface area contributed by atoms with Gasteiger partial charge < -0.3 is 4.90 Å². The van der Waals surface area contributed by atoms with E-state index < -0.39 is 5.41 Å². The summed E-state index contributed by atoms with van der Waals surface area (Å²) in [6.07, 6.45) is 5.85. The summed E-state index contributed by atoms with van der Waals surface area (Å²) in [5.41, 5.74) is 1.68. The van der Waals surface area contributed by atoms with Crippen LogP contribution in [-0.4, -0.2) is 12.5 Å². The van der Waals surface area contributed by atoms with Crippen LogP contribution in [0.2, 0.25) is 0 Å². The summed E-state index contributed by atoms with van der Waals surface area (Å²) in [5.74, 6) is 2.72. The van der Waals surface area contributed by atoms with Crippen LogP contribution < -0.4 is 4.90 Å². The van der Waals surface area contributed by atoms with Crippen molar-refractivity contribution in [2.75, 3.05) is 11.4 Å². The van der Waals surface area contributed by atoms with E-state index in [0.29, 0.717) is 13.0 Å². The van der Waals surface area contributed by atoms with Gasteiger partial charge in [0.25, 0.3) is 0 Å². The van der Waals surface area contributed by atoms with Crippen LogP contribution in [0.1, 0.15) is 25.8 Å². The number of benzene rings is 1. The average molecular weight is 213 g/mol. The van der Waals surface area contributed by atoms with Crippen molar-refractivity contribution in [3.05, 3.63) is 29.8 Å². The molecule has 1 aromatic carbocycles. The van der Waals surface area contributed by atoms with Gasteiger partial charge in [0.05, 0.1) is 5.41 Å². The summed E-state index contributed by atoms with van der Waals surface area (Å²) in [7, 11) is 0. The number of amides is 1. The van der Waals surface area contributed by atoms with Crippen LogP contribution >= 0.6 is 0 Å². The average Bonchev–Trinajstić information content (AvgIpc) is 2.47. The van der Waals surface area contributed by atoms with E-state index in [4.69, 9.17) is 6.42 Å². The van der Waals surface area contributed by atoms with E-state index in [1.54, 1.807) is 4.90 Å². The molecule has 2 rings (SSSR count). The molecule has 0 bridgehead atoms. The van der Waals surface area contributed by atoms with Crippen LogP contribution in [0.3, 0.4) is 0 Å². The number of hydrogen-bond acceptors (Lipinski definition) is 1. The third-order valence-corrected chi connectivity index (χ3v) is 3.13. The lowest BCUT2D eigenvalue weighted by Crippen LogP contribution is -2.36. The van der Waals surface area contributed by atoms with Crippen molar-refractivity contribution in [1.82, 2.24) is 0 Å². The number of carbonyl (C=O) groups excluding carboxylic acids is 1. The summed E-state index contributed by atoms with van der Waals surface area (Å²) >= 11 is 0. The van der Waals surface area contributed by atoms with Gasteiger partial charge in [0.15, 0.2) is 0 Å². The normalized spacial score (nSPS) is 17.1. The van der Waals surface area contributed by atoms with E-state index in [-0.39, 0.29) is 5.91 Å². The van der Waals surface area contributed by atoms with Crippen molar-refractivity contribution in [2.45, 2.75) is 25.7 Å². The molecule has 0 fully saturated rings. The van der Waals surface area contributed by atoms with Gasteiger partial charge in [0.1, 0.15) is 0 Å². The van der Waals surface area contributed by atoms with Gasteiger partial charge in [0, 0.05) is 18.7 Å². The number of carbonyl (C=O) groups is 1. The predicted octanol–water partition coefficient (Wildman–Crippen LogP) is 2.33. The Balaban J connectivity index is 2.44. The molecule has 0 radical (unpaired) electrons. The molecule has 1 aliphatic rings. The Kier molecular flexibility index (Phi) is 2.47. The lowest BCUT2D eigenvalue weighted by molar-refractivity contribution is -0.122. The topological polar surface area (TPSA) is 20.3 Å². The maximum Gasteiger partial charge on any atom is 0.237 e. The lowest BCUT2D eigenvalue weighted by Gasteiger charge is -2.19. The standard InChI is InChI=1S/C14H15NO/c1-4-5-10-15-12-9-7-6-8-11(12)14(2,3)13(15)16/h1,6-9H,5,10H2,2-3H3. The molecule has 0 aliphatic carbocycles. The molecule has 0 N–H and O–H groups in total. The molecule has 0 aromatic heterocycles. The van der Waals surface area contributed by atoms with Crippen molar-refractivity contribution >= 4 is 11.6 Å².